The maximum absolute atomic E-state index is 13.1. The van der Waals surface area contributed by atoms with Gasteiger partial charge in [0.1, 0.15) is 5.75 Å². The van der Waals surface area contributed by atoms with Crippen molar-refractivity contribution in [2.24, 2.45) is 5.92 Å². The molecule has 0 saturated heterocycles. The van der Waals surface area contributed by atoms with Crippen LogP contribution < -0.4 is 10.0 Å². The molecule has 1 saturated carbocycles. The number of sulfonamides is 1. The molecular weight excluding hydrogens is 470 g/mol. The highest BCUT2D eigenvalue weighted by Crippen LogP contribution is 2.35. The number of carbonyl (C=O) groups is 1. The van der Waals surface area contributed by atoms with Crippen molar-refractivity contribution in [3.63, 3.8) is 0 Å². The predicted molar refractivity (Wildman–Crippen MR) is 136 cm³/mol. The number of aromatic nitrogens is 1. The molecule has 2 aromatic carbocycles. The molecule has 0 aliphatic heterocycles. The van der Waals surface area contributed by atoms with Gasteiger partial charge in [-0.05, 0) is 61.9 Å². The maximum Gasteiger partial charge on any atom is 0.262 e. The van der Waals surface area contributed by atoms with E-state index in [0.29, 0.717) is 28.6 Å². The van der Waals surface area contributed by atoms with E-state index in [0.717, 1.165) is 23.4 Å². The van der Waals surface area contributed by atoms with Gasteiger partial charge in [-0.2, -0.15) is 0 Å². The van der Waals surface area contributed by atoms with Crippen LogP contribution in [-0.2, 0) is 14.8 Å². The molecule has 1 aliphatic rings. The van der Waals surface area contributed by atoms with Crippen LogP contribution in [0.3, 0.4) is 0 Å². The van der Waals surface area contributed by atoms with E-state index < -0.39 is 10.0 Å². The number of thiazole rings is 1. The van der Waals surface area contributed by atoms with Gasteiger partial charge >= 0.3 is 0 Å². The first kappa shape index (κ1) is 24.2. The van der Waals surface area contributed by atoms with Gasteiger partial charge in [0.05, 0.1) is 21.2 Å². The number of hydrogen-bond donors (Lipinski definition) is 3. The van der Waals surface area contributed by atoms with Crippen LogP contribution in [0.2, 0.25) is 0 Å². The molecule has 0 radical (unpaired) electrons. The summed E-state index contributed by atoms with van der Waals surface area (Å²) in [4.78, 5) is 18.0. The highest BCUT2D eigenvalue weighted by Gasteiger charge is 2.21. The highest BCUT2D eigenvalue weighted by atomic mass is 32.2. The fourth-order valence-electron chi connectivity index (χ4n) is 4.35. The minimum absolute atomic E-state index is 0.0188. The van der Waals surface area contributed by atoms with Gasteiger partial charge in [-0.3, -0.25) is 9.52 Å². The second kappa shape index (κ2) is 10.1. The van der Waals surface area contributed by atoms with Crippen LogP contribution in [0, 0.1) is 19.8 Å². The lowest BCUT2D eigenvalue weighted by atomic mass is 9.87. The molecule has 1 heterocycles. The van der Waals surface area contributed by atoms with Crippen LogP contribution >= 0.6 is 11.3 Å². The Bertz CT molecular complexity index is 1300. The quantitative estimate of drug-likeness (QED) is 0.378. The second-order valence-corrected chi connectivity index (χ2v) is 11.5. The lowest BCUT2D eigenvalue weighted by Gasteiger charge is -2.20. The van der Waals surface area contributed by atoms with Crippen molar-refractivity contribution in [2.45, 2.75) is 57.3 Å². The smallest absolute Gasteiger partial charge is 0.262 e. The summed E-state index contributed by atoms with van der Waals surface area (Å²) in [5.41, 5.74) is 2.32. The van der Waals surface area contributed by atoms with Crippen molar-refractivity contribution < 1.29 is 18.3 Å². The Morgan fingerprint density at radius 2 is 1.88 bits per heavy atom. The average molecular weight is 500 g/mol. The standard InChI is InChI=1S/C25H29N3O4S2/c1-16-11-12-19(14-22(16)34(31,32)28-20-9-6-10-21(29)15-20)24-17(2)26-25(33-24)27-23(30)13-18-7-4-3-5-8-18/h6,9-12,14-15,18,28-29H,3-5,7-8,13H2,1-2H3,(H,26,27,30). The number of nitrogens with zero attached hydrogens (tertiary/aromatic N) is 1. The van der Waals surface area contributed by atoms with Gasteiger partial charge in [-0.15, -0.1) is 0 Å². The van der Waals surface area contributed by atoms with Gasteiger partial charge in [-0.25, -0.2) is 13.4 Å². The summed E-state index contributed by atoms with van der Waals surface area (Å²) in [5, 5.41) is 13.1. The van der Waals surface area contributed by atoms with Crippen LogP contribution in [0.15, 0.2) is 47.4 Å². The van der Waals surface area contributed by atoms with Crippen molar-refractivity contribution in [1.29, 1.82) is 0 Å². The van der Waals surface area contributed by atoms with E-state index in [1.807, 2.05) is 13.0 Å². The molecule has 3 aromatic rings. The van der Waals surface area contributed by atoms with Gasteiger partial charge < -0.3 is 10.4 Å². The predicted octanol–water partition coefficient (Wildman–Crippen LogP) is 5.84. The van der Waals surface area contributed by atoms with Gasteiger partial charge in [-0.1, -0.05) is 48.8 Å². The number of phenolic OH excluding ortho intramolecular Hbond substituents is 1. The van der Waals surface area contributed by atoms with Crippen molar-refractivity contribution in [2.75, 3.05) is 10.0 Å². The van der Waals surface area contributed by atoms with Crippen molar-refractivity contribution in [3.8, 4) is 16.2 Å². The van der Waals surface area contributed by atoms with Crippen LogP contribution in [-0.4, -0.2) is 24.4 Å². The molecule has 0 bridgehead atoms. The number of benzene rings is 2. The highest BCUT2D eigenvalue weighted by molar-refractivity contribution is 7.92. The Labute approximate surface area is 204 Å². The van der Waals surface area contributed by atoms with Crippen molar-refractivity contribution >= 4 is 38.1 Å². The van der Waals surface area contributed by atoms with E-state index in [1.165, 1.54) is 42.7 Å². The summed E-state index contributed by atoms with van der Waals surface area (Å²) in [6.07, 6.45) is 6.36. The van der Waals surface area contributed by atoms with Crippen molar-refractivity contribution in [3.05, 3.63) is 53.7 Å². The summed E-state index contributed by atoms with van der Waals surface area (Å²) >= 11 is 1.34. The topological polar surface area (TPSA) is 108 Å². The minimum atomic E-state index is -3.88. The van der Waals surface area contributed by atoms with E-state index in [2.05, 4.69) is 15.0 Å². The first-order valence-corrected chi connectivity index (χ1v) is 13.7. The van der Waals surface area contributed by atoms with E-state index in [-0.39, 0.29) is 22.2 Å². The third-order valence-electron chi connectivity index (χ3n) is 6.08. The zero-order valence-electron chi connectivity index (χ0n) is 19.3. The Kier molecular flexibility index (Phi) is 7.23. The molecule has 1 aromatic heterocycles. The summed E-state index contributed by atoms with van der Waals surface area (Å²) in [5.74, 6) is 0.400. The monoisotopic (exact) mass is 499 g/mol. The van der Waals surface area contributed by atoms with E-state index in [9.17, 15) is 18.3 Å². The molecule has 1 fully saturated rings. The Hall–Kier alpha value is -2.91. The van der Waals surface area contributed by atoms with Crippen LogP contribution in [0.1, 0.15) is 49.8 Å². The third-order valence-corrected chi connectivity index (χ3v) is 8.73. The normalized spacial score (nSPS) is 14.6. The number of hydrogen-bond acceptors (Lipinski definition) is 6. The average Bonchev–Trinajstić information content (AvgIpc) is 3.14. The molecule has 7 nitrogen and oxygen atoms in total. The Morgan fingerprint density at radius 1 is 1.12 bits per heavy atom. The minimum Gasteiger partial charge on any atom is -0.508 e. The van der Waals surface area contributed by atoms with E-state index >= 15 is 0 Å². The number of anilines is 2. The van der Waals surface area contributed by atoms with Crippen LogP contribution in [0.5, 0.6) is 5.75 Å². The lowest BCUT2D eigenvalue weighted by molar-refractivity contribution is -0.117. The zero-order chi connectivity index (χ0) is 24.3. The fourth-order valence-corrected chi connectivity index (χ4v) is 6.65. The second-order valence-electron chi connectivity index (χ2n) is 8.83. The summed E-state index contributed by atoms with van der Waals surface area (Å²) < 4.78 is 28.7. The summed E-state index contributed by atoms with van der Waals surface area (Å²) in [6.45, 7) is 3.58. The molecule has 34 heavy (non-hydrogen) atoms. The zero-order valence-corrected chi connectivity index (χ0v) is 20.9. The van der Waals surface area contributed by atoms with Crippen LogP contribution in [0.25, 0.3) is 10.4 Å². The largest absolute Gasteiger partial charge is 0.508 e. The molecule has 1 amide bonds. The number of phenols is 1. The molecule has 0 unspecified atom stereocenters. The molecular formula is C25H29N3O4S2. The molecule has 1 aliphatic carbocycles. The Morgan fingerprint density at radius 3 is 2.62 bits per heavy atom. The lowest BCUT2D eigenvalue weighted by Crippen LogP contribution is -2.18. The number of nitrogens with one attached hydrogen (secondary N) is 2. The van der Waals surface area contributed by atoms with Gasteiger partial charge in [0.2, 0.25) is 5.91 Å². The molecule has 9 heteroatoms. The van der Waals surface area contributed by atoms with Crippen molar-refractivity contribution in [1.82, 2.24) is 4.98 Å². The van der Waals surface area contributed by atoms with Crippen LogP contribution in [0.4, 0.5) is 10.8 Å². The number of aromatic hydroxyl groups is 1. The molecule has 4 rings (SSSR count). The maximum atomic E-state index is 13.1. The number of carbonyl (C=O) groups excluding carboxylic acids is 1. The summed E-state index contributed by atoms with van der Waals surface area (Å²) in [7, 11) is -3.88. The Balaban J connectivity index is 1.54. The first-order chi connectivity index (χ1) is 16.2. The van der Waals surface area contributed by atoms with E-state index in [1.54, 1.807) is 31.2 Å². The number of amides is 1. The molecule has 0 spiro atoms. The number of rotatable bonds is 7. The van der Waals surface area contributed by atoms with E-state index in [4.69, 9.17) is 0 Å². The van der Waals surface area contributed by atoms with Gasteiger partial charge in [0.25, 0.3) is 10.0 Å². The van der Waals surface area contributed by atoms with Gasteiger partial charge in [0.15, 0.2) is 5.13 Å². The third kappa shape index (κ3) is 5.77. The number of aryl methyl sites for hydroxylation is 2. The molecule has 0 atom stereocenters. The summed E-state index contributed by atoms with van der Waals surface area (Å²) in [6, 6.07) is 11.2. The molecule has 180 valence electrons. The van der Waals surface area contributed by atoms with Gasteiger partial charge in [0, 0.05) is 12.5 Å². The first-order valence-electron chi connectivity index (χ1n) is 11.4. The molecule has 3 N–H and O–H groups in total. The fraction of sp³-hybridized carbons (Fsp3) is 0.360. The SMILES string of the molecule is Cc1ccc(-c2sc(NC(=O)CC3CCCCC3)nc2C)cc1S(=O)(=O)Nc1cccc(O)c1.